The molecule has 0 aromatic carbocycles. The number of hydrogen-bond acceptors (Lipinski definition) is 3. The molecule has 0 aliphatic heterocycles. The minimum absolute atomic E-state index is 0.0879. The molecule has 0 fully saturated rings. The molecule has 0 aliphatic rings. The van der Waals surface area contributed by atoms with E-state index >= 15 is 0 Å². The molecule has 0 rings (SSSR count). The number of aliphatic hydroxyl groups excluding tert-OH is 2. The Morgan fingerprint density at radius 3 is 1.09 bits per heavy atom. The van der Waals surface area contributed by atoms with Gasteiger partial charge in [-0.25, -0.2) is 0 Å². The Morgan fingerprint density at radius 1 is 0.426 bits per heavy atom. The fourth-order valence-corrected chi connectivity index (χ4v) is 7.09. The molecule has 0 saturated heterocycles. The van der Waals surface area contributed by atoms with Crippen molar-refractivity contribution in [1.29, 1.82) is 0 Å². The molecule has 1 amide bonds. The van der Waals surface area contributed by atoms with Crippen LogP contribution in [0.2, 0.25) is 0 Å². The van der Waals surface area contributed by atoms with Crippen molar-refractivity contribution in [3.63, 3.8) is 0 Å². The van der Waals surface area contributed by atoms with Gasteiger partial charge in [-0.3, -0.25) is 4.79 Å². The Balaban J connectivity index is 3.58. The van der Waals surface area contributed by atoms with Gasteiger partial charge < -0.3 is 15.5 Å². The van der Waals surface area contributed by atoms with Gasteiger partial charge in [0, 0.05) is 6.42 Å². The van der Waals surface area contributed by atoms with Crippen molar-refractivity contribution < 1.29 is 15.0 Å². The molecule has 0 radical (unpaired) electrons. The Morgan fingerprint density at radius 2 is 0.722 bits per heavy atom. The van der Waals surface area contributed by atoms with Crippen molar-refractivity contribution in [3.8, 4) is 0 Å². The van der Waals surface area contributed by atoms with E-state index in [0.29, 0.717) is 6.42 Å². The monoisotopic (exact) mass is 756 g/mol. The van der Waals surface area contributed by atoms with Crippen molar-refractivity contribution in [1.82, 2.24) is 5.32 Å². The van der Waals surface area contributed by atoms with Gasteiger partial charge in [0.2, 0.25) is 5.91 Å². The van der Waals surface area contributed by atoms with Crippen LogP contribution in [-0.2, 0) is 4.79 Å². The number of aliphatic hydroxyl groups is 2. The van der Waals surface area contributed by atoms with E-state index in [9.17, 15) is 15.0 Å². The summed E-state index contributed by atoms with van der Waals surface area (Å²) in [5, 5.41) is 23.0. The van der Waals surface area contributed by atoms with Gasteiger partial charge in [0.1, 0.15) is 0 Å². The molecular formula is C50H93NO3. The summed E-state index contributed by atoms with van der Waals surface area (Å²) in [4.78, 5) is 12.3. The zero-order valence-electron chi connectivity index (χ0n) is 36.2. The van der Waals surface area contributed by atoms with Crippen LogP contribution >= 0.6 is 0 Å². The first-order valence-electron chi connectivity index (χ1n) is 23.9. The predicted octanol–water partition coefficient (Wildman–Crippen LogP) is 15.1. The normalized spacial score (nSPS) is 13.3. The summed E-state index contributed by atoms with van der Waals surface area (Å²) >= 11 is 0. The number of hydrogen-bond donors (Lipinski definition) is 3. The van der Waals surface area contributed by atoms with E-state index in [1.807, 2.05) is 6.08 Å². The topological polar surface area (TPSA) is 69.6 Å². The zero-order valence-corrected chi connectivity index (χ0v) is 36.2. The molecule has 3 N–H and O–H groups in total. The van der Waals surface area contributed by atoms with Crippen molar-refractivity contribution in [2.75, 3.05) is 6.61 Å². The lowest BCUT2D eigenvalue weighted by molar-refractivity contribution is -0.123. The Kier molecular flexibility index (Phi) is 44.3. The molecule has 4 heteroatoms. The Hall–Kier alpha value is -1.65. The molecule has 316 valence electrons. The number of unbranched alkanes of at least 4 members (excludes halogenated alkanes) is 30. The number of carbonyl (C=O) groups is 1. The van der Waals surface area contributed by atoms with Crippen LogP contribution in [0, 0.1) is 0 Å². The summed E-state index contributed by atoms with van der Waals surface area (Å²) in [6.07, 6.45) is 62.5. The molecule has 2 atom stereocenters. The Bertz CT molecular complexity index is 862. The van der Waals surface area contributed by atoms with E-state index in [-0.39, 0.29) is 12.5 Å². The highest BCUT2D eigenvalue weighted by molar-refractivity contribution is 5.76. The molecule has 0 saturated carbocycles. The minimum Gasteiger partial charge on any atom is -0.394 e. The van der Waals surface area contributed by atoms with Gasteiger partial charge in [0.25, 0.3) is 0 Å². The van der Waals surface area contributed by atoms with Crippen LogP contribution in [0.5, 0.6) is 0 Å². The first-order valence-corrected chi connectivity index (χ1v) is 23.9. The number of carbonyl (C=O) groups excluding carboxylic acids is 1. The van der Waals surface area contributed by atoms with Crippen LogP contribution < -0.4 is 5.32 Å². The second-order valence-electron chi connectivity index (χ2n) is 16.2. The van der Waals surface area contributed by atoms with Crippen LogP contribution in [-0.4, -0.2) is 34.9 Å². The maximum Gasteiger partial charge on any atom is 0.220 e. The standard InChI is InChI=1S/C50H93NO3/c1-3-5-7-9-11-13-15-17-18-19-20-21-22-23-24-25-26-27-28-29-30-31-32-34-35-37-39-41-43-45-49(53)48(47-52)51-50(54)46-44-42-40-38-36-33-16-14-12-10-8-6-4-2/h14,16,30-31,35,37,43,45,48-49,52-53H,3-13,15,17-29,32-34,36,38-42,44,46-47H2,1-2H3,(H,51,54)/b16-14-,31-30+,37-35+,45-43+. The molecule has 0 bridgehead atoms. The minimum atomic E-state index is -0.873. The highest BCUT2D eigenvalue weighted by Crippen LogP contribution is 2.15. The van der Waals surface area contributed by atoms with Gasteiger partial charge in [-0.05, 0) is 70.6 Å². The molecule has 2 unspecified atom stereocenters. The molecule has 4 nitrogen and oxygen atoms in total. The van der Waals surface area contributed by atoms with Crippen molar-refractivity contribution in [3.05, 3.63) is 48.6 Å². The van der Waals surface area contributed by atoms with E-state index in [1.165, 1.54) is 173 Å². The molecule has 0 aliphatic carbocycles. The molecule has 0 spiro atoms. The van der Waals surface area contributed by atoms with Crippen LogP contribution in [0.3, 0.4) is 0 Å². The van der Waals surface area contributed by atoms with E-state index in [0.717, 1.165) is 51.4 Å². The third-order valence-electron chi connectivity index (χ3n) is 10.8. The molecule has 0 aromatic rings. The van der Waals surface area contributed by atoms with Gasteiger partial charge in [0.05, 0.1) is 18.8 Å². The van der Waals surface area contributed by atoms with Gasteiger partial charge in [-0.15, -0.1) is 0 Å². The number of allylic oxidation sites excluding steroid dienone is 7. The lowest BCUT2D eigenvalue weighted by Gasteiger charge is -2.19. The van der Waals surface area contributed by atoms with Gasteiger partial charge in [0.15, 0.2) is 0 Å². The average Bonchev–Trinajstić information content (AvgIpc) is 3.18. The highest BCUT2D eigenvalue weighted by Gasteiger charge is 2.17. The summed E-state index contributed by atoms with van der Waals surface area (Å²) in [6, 6.07) is -0.649. The van der Waals surface area contributed by atoms with Crippen molar-refractivity contribution >= 4 is 5.91 Å². The second kappa shape index (κ2) is 45.7. The van der Waals surface area contributed by atoms with Crippen molar-refractivity contribution in [2.45, 2.75) is 257 Å². The lowest BCUT2D eigenvalue weighted by atomic mass is 10.0. The molecule has 0 heterocycles. The molecule has 54 heavy (non-hydrogen) atoms. The third kappa shape index (κ3) is 41.5. The number of rotatable bonds is 43. The van der Waals surface area contributed by atoms with Crippen LogP contribution in [0.4, 0.5) is 0 Å². The van der Waals surface area contributed by atoms with Crippen LogP contribution in [0.25, 0.3) is 0 Å². The van der Waals surface area contributed by atoms with Gasteiger partial charge >= 0.3 is 0 Å². The fourth-order valence-electron chi connectivity index (χ4n) is 7.09. The first kappa shape index (κ1) is 52.3. The number of nitrogens with one attached hydrogen (secondary N) is 1. The summed E-state index contributed by atoms with van der Waals surface area (Å²) in [7, 11) is 0. The summed E-state index contributed by atoms with van der Waals surface area (Å²) in [5.74, 6) is -0.0879. The largest absolute Gasteiger partial charge is 0.394 e. The van der Waals surface area contributed by atoms with E-state index in [4.69, 9.17) is 0 Å². The fraction of sp³-hybridized carbons (Fsp3) is 0.820. The second-order valence-corrected chi connectivity index (χ2v) is 16.2. The maximum absolute atomic E-state index is 12.3. The predicted molar refractivity (Wildman–Crippen MR) is 239 cm³/mol. The Labute approximate surface area is 337 Å². The molecular weight excluding hydrogens is 663 g/mol. The quantitative estimate of drug-likeness (QED) is 0.0429. The average molecular weight is 756 g/mol. The summed E-state index contributed by atoms with van der Waals surface area (Å²) in [5.41, 5.74) is 0. The first-order chi connectivity index (χ1) is 26.7. The SMILES string of the molecule is CCCCCC/C=C\CCCCCCCC(=O)NC(CO)C(O)/C=C/CC/C=C/CC/C=C/CCCCCCCCCCCCCCCCCCCCC. The number of amides is 1. The van der Waals surface area contributed by atoms with Crippen LogP contribution in [0.1, 0.15) is 245 Å². The van der Waals surface area contributed by atoms with E-state index in [2.05, 4.69) is 55.6 Å². The summed E-state index contributed by atoms with van der Waals surface area (Å²) < 4.78 is 0. The smallest absolute Gasteiger partial charge is 0.220 e. The van der Waals surface area contributed by atoms with E-state index in [1.54, 1.807) is 6.08 Å². The van der Waals surface area contributed by atoms with Gasteiger partial charge in [-0.1, -0.05) is 217 Å². The maximum atomic E-state index is 12.3. The van der Waals surface area contributed by atoms with Crippen molar-refractivity contribution in [2.24, 2.45) is 0 Å². The lowest BCUT2D eigenvalue weighted by Crippen LogP contribution is -2.45. The summed E-state index contributed by atoms with van der Waals surface area (Å²) in [6.45, 7) is 4.28. The van der Waals surface area contributed by atoms with E-state index < -0.39 is 12.1 Å². The zero-order chi connectivity index (χ0) is 39.3. The highest BCUT2D eigenvalue weighted by atomic mass is 16.3. The molecule has 0 aromatic heterocycles. The third-order valence-corrected chi connectivity index (χ3v) is 10.8. The van der Waals surface area contributed by atoms with Gasteiger partial charge in [-0.2, -0.15) is 0 Å². The van der Waals surface area contributed by atoms with Crippen LogP contribution in [0.15, 0.2) is 48.6 Å².